The molecular formula is C27H28BrN3O8. The van der Waals surface area contributed by atoms with Crippen molar-refractivity contribution in [2.45, 2.75) is 23.7 Å². The van der Waals surface area contributed by atoms with Gasteiger partial charge in [-0.15, -0.1) is 0 Å². The van der Waals surface area contributed by atoms with Gasteiger partial charge in [0.1, 0.15) is 11.4 Å². The molecule has 5 rings (SSSR count). The molecular weight excluding hydrogens is 574 g/mol. The van der Waals surface area contributed by atoms with E-state index in [1.807, 2.05) is 0 Å². The number of aromatic nitrogens is 1. The number of nitrogens with zero attached hydrogens (tertiary/aromatic N) is 1. The highest BCUT2D eigenvalue weighted by atomic mass is 79.9. The third kappa shape index (κ3) is 3.88. The first kappa shape index (κ1) is 26.7. The standard InChI is InChI=1S/C27H28BrN3O8/c1-27(26(34)39-6)24(32)19-14-9-13(28)11-31(16(14)10-17(35-2)21(19)30-27)25(33)15-7-12-8-18(36-3)22(37-4)23(38-5)20(12)29-15/h7-8,10,13,29-30H,9,11H2,1-6H3/t13-,27+/m0/s1. The second-order valence-electron chi connectivity index (χ2n) is 9.41. The summed E-state index contributed by atoms with van der Waals surface area (Å²) in [6, 6.07) is 5.18. The second kappa shape index (κ2) is 9.67. The fourth-order valence-electron chi connectivity index (χ4n) is 5.35. The van der Waals surface area contributed by atoms with Crippen molar-refractivity contribution in [2.75, 3.05) is 52.3 Å². The van der Waals surface area contributed by atoms with Crippen molar-refractivity contribution in [1.29, 1.82) is 0 Å². The number of alkyl halides is 1. The highest BCUT2D eigenvalue weighted by Crippen LogP contribution is 2.48. The van der Waals surface area contributed by atoms with E-state index in [-0.39, 0.29) is 10.7 Å². The number of carbonyl (C=O) groups is 3. The van der Waals surface area contributed by atoms with Crippen molar-refractivity contribution in [3.8, 4) is 23.0 Å². The first-order chi connectivity index (χ1) is 18.6. The van der Waals surface area contributed by atoms with Gasteiger partial charge in [-0.2, -0.15) is 0 Å². The molecule has 2 aliphatic heterocycles. The van der Waals surface area contributed by atoms with Gasteiger partial charge < -0.3 is 38.9 Å². The zero-order valence-electron chi connectivity index (χ0n) is 22.3. The number of amides is 1. The summed E-state index contributed by atoms with van der Waals surface area (Å²) in [5, 5.41) is 3.71. The number of rotatable bonds is 6. The molecule has 11 nitrogen and oxygen atoms in total. The third-order valence-electron chi connectivity index (χ3n) is 7.24. The minimum Gasteiger partial charge on any atom is -0.494 e. The number of H-pyrrole nitrogens is 1. The number of Topliss-reactive ketones (excluding diaryl/α,β-unsaturated/α-hetero) is 1. The van der Waals surface area contributed by atoms with Crippen molar-refractivity contribution in [3.05, 3.63) is 35.0 Å². The van der Waals surface area contributed by atoms with Gasteiger partial charge in [-0.3, -0.25) is 9.59 Å². The van der Waals surface area contributed by atoms with E-state index >= 15 is 0 Å². The lowest BCUT2D eigenvalue weighted by Gasteiger charge is -2.33. The number of hydrogen-bond donors (Lipinski definition) is 2. The van der Waals surface area contributed by atoms with Crippen LogP contribution in [0.25, 0.3) is 10.9 Å². The van der Waals surface area contributed by atoms with E-state index in [1.165, 1.54) is 42.5 Å². The van der Waals surface area contributed by atoms with Crippen molar-refractivity contribution in [3.63, 3.8) is 0 Å². The smallest absolute Gasteiger partial charge is 0.339 e. The van der Waals surface area contributed by atoms with Gasteiger partial charge in [-0.25, -0.2) is 4.79 Å². The van der Waals surface area contributed by atoms with E-state index in [1.54, 1.807) is 23.1 Å². The topological polar surface area (TPSA) is 128 Å². The molecule has 0 radical (unpaired) electrons. The van der Waals surface area contributed by atoms with E-state index in [9.17, 15) is 14.4 Å². The van der Waals surface area contributed by atoms with Gasteiger partial charge in [0.25, 0.3) is 5.91 Å². The number of methoxy groups -OCH3 is 5. The van der Waals surface area contributed by atoms with Crippen LogP contribution in [0.15, 0.2) is 18.2 Å². The largest absolute Gasteiger partial charge is 0.494 e. The molecule has 2 atom stereocenters. The van der Waals surface area contributed by atoms with Gasteiger partial charge in [-0.05, 0) is 31.0 Å². The summed E-state index contributed by atoms with van der Waals surface area (Å²) in [6.07, 6.45) is 0.463. The zero-order valence-corrected chi connectivity index (χ0v) is 23.9. The molecule has 2 aliphatic rings. The number of fused-ring (bicyclic) bond motifs is 4. The zero-order chi connectivity index (χ0) is 28.2. The van der Waals surface area contributed by atoms with Crippen LogP contribution in [0.4, 0.5) is 11.4 Å². The number of ether oxygens (including phenoxy) is 5. The Bertz CT molecular complexity index is 1530. The van der Waals surface area contributed by atoms with Crippen molar-refractivity contribution in [1.82, 2.24) is 4.98 Å². The SMILES string of the molecule is COC(=O)[C@]1(C)Nc2c(OC)cc3c(c2C1=O)C[C@H](Br)CN3C(=O)c1cc2cc(OC)c(OC)c(OC)c2[nH]1. The predicted molar refractivity (Wildman–Crippen MR) is 147 cm³/mol. The monoisotopic (exact) mass is 601 g/mol. The Balaban J connectivity index is 1.65. The highest BCUT2D eigenvalue weighted by Gasteiger charge is 2.52. The normalized spacial score (nSPS) is 19.7. The Morgan fingerprint density at radius 3 is 2.31 bits per heavy atom. The quantitative estimate of drug-likeness (QED) is 0.247. The first-order valence-electron chi connectivity index (χ1n) is 12.1. The molecule has 206 valence electrons. The number of benzene rings is 2. The van der Waals surface area contributed by atoms with Crippen molar-refractivity contribution in [2.24, 2.45) is 0 Å². The van der Waals surface area contributed by atoms with Crippen LogP contribution in [-0.4, -0.2) is 75.1 Å². The summed E-state index contributed by atoms with van der Waals surface area (Å²) in [7, 11) is 7.24. The number of halogens is 1. The third-order valence-corrected chi connectivity index (χ3v) is 7.85. The number of hydrogen-bond acceptors (Lipinski definition) is 9. The lowest BCUT2D eigenvalue weighted by molar-refractivity contribution is -0.143. The van der Waals surface area contributed by atoms with Gasteiger partial charge in [0, 0.05) is 22.8 Å². The van der Waals surface area contributed by atoms with Crippen LogP contribution in [0, 0.1) is 0 Å². The number of ketones is 1. The molecule has 0 saturated carbocycles. The number of esters is 1. The van der Waals surface area contributed by atoms with E-state index in [4.69, 9.17) is 23.7 Å². The first-order valence-corrected chi connectivity index (χ1v) is 13.0. The Kier molecular flexibility index (Phi) is 6.61. The van der Waals surface area contributed by atoms with Gasteiger partial charge >= 0.3 is 5.97 Å². The Morgan fingerprint density at radius 1 is 1.00 bits per heavy atom. The lowest BCUT2D eigenvalue weighted by Crippen LogP contribution is -2.47. The van der Waals surface area contributed by atoms with Crippen LogP contribution in [0.2, 0.25) is 0 Å². The fourth-order valence-corrected chi connectivity index (χ4v) is 5.97. The summed E-state index contributed by atoms with van der Waals surface area (Å²) in [4.78, 5) is 44.8. The minimum absolute atomic E-state index is 0.150. The number of nitrogens with one attached hydrogen (secondary N) is 2. The van der Waals surface area contributed by atoms with Crippen LogP contribution >= 0.6 is 15.9 Å². The van der Waals surface area contributed by atoms with Gasteiger partial charge in [0.2, 0.25) is 11.5 Å². The molecule has 0 saturated heterocycles. The second-order valence-corrected chi connectivity index (χ2v) is 10.7. The van der Waals surface area contributed by atoms with Crippen LogP contribution < -0.4 is 29.2 Å². The maximum absolute atomic E-state index is 14.0. The molecule has 0 fully saturated rings. The van der Waals surface area contributed by atoms with Crippen LogP contribution in [0.1, 0.15) is 33.3 Å². The van der Waals surface area contributed by atoms with Gasteiger partial charge in [0.15, 0.2) is 17.0 Å². The van der Waals surface area contributed by atoms with E-state index in [0.29, 0.717) is 75.1 Å². The average molecular weight is 602 g/mol. The molecule has 0 spiro atoms. The van der Waals surface area contributed by atoms with E-state index < -0.39 is 17.3 Å². The molecule has 12 heteroatoms. The van der Waals surface area contributed by atoms with Crippen molar-refractivity contribution < 1.29 is 38.1 Å². The average Bonchev–Trinajstić information content (AvgIpc) is 3.49. The minimum atomic E-state index is -1.61. The molecule has 2 aromatic carbocycles. The summed E-state index contributed by atoms with van der Waals surface area (Å²) in [5.41, 5.74) is 1.13. The maximum Gasteiger partial charge on any atom is 0.339 e. The Morgan fingerprint density at radius 2 is 1.69 bits per heavy atom. The molecule has 0 aliphatic carbocycles. The van der Waals surface area contributed by atoms with E-state index in [2.05, 4.69) is 26.2 Å². The molecule has 3 aromatic rings. The molecule has 0 bridgehead atoms. The summed E-state index contributed by atoms with van der Waals surface area (Å²) in [6.45, 7) is 1.81. The van der Waals surface area contributed by atoms with E-state index in [0.717, 1.165) is 0 Å². The predicted octanol–water partition coefficient (Wildman–Crippen LogP) is 3.71. The highest BCUT2D eigenvalue weighted by molar-refractivity contribution is 9.09. The Labute approximate surface area is 232 Å². The van der Waals surface area contributed by atoms with Gasteiger partial charge in [0.05, 0.1) is 58.0 Å². The van der Waals surface area contributed by atoms with Crippen LogP contribution in [-0.2, 0) is 16.0 Å². The Hall–Kier alpha value is -3.93. The molecule has 39 heavy (non-hydrogen) atoms. The molecule has 2 N–H and O–H groups in total. The molecule has 1 amide bonds. The summed E-state index contributed by atoms with van der Waals surface area (Å²) >= 11 is 3.66. The molecule has 1 aromatic heterocycles. The lowest BCUT2D eigenvalue weighted by atomic mass is 9.88. The summed E-state index contributed by atoms with van der Waals surface area (Å²) < 4.78 is 27.0. The van der Waals surface area contributed by atoms with Crippen molar-refractivity contribution >= 4 is 55.9 Å². The summed E-state index contributed by atoms with van der Waals surface area (Å²) in [5.74, 6) is 0.123. The molecule has 3 heterocycles. The van der Waals surface area contributed by atoms with Crippen LogP contribution in [0.3, 0.4) is 0 Å². The molecule has 0 unspecified atom stereocenters. The van der Waals surface area contributed by atoms with Crippen LogP contribution in [0.5, 0.6) is 23.0 Å². The maximum atomic E-state index is 14.0. The number of anilines is 2. The number of carbonyl (C=O) groups excluding carboxylic acids is 3. The fraction of sp³-hybridized carbons (Fsp3) is 0.370. The number of aromatic amines is 1. The van der Waals surface area contributed by atoms with Gasteiger partial charge in [-0.1, -0.05) is 15.9 Å².